The second kappa shape index (κ2) is 4.93. The number of aromatic nitrogens is 2. The molecule has 0 radical (unpaired) electrons. The fraction of sp³-hybridized carbons (Fsp3) is 0.231. The number of rotatable bonds is 3. The summed E-state index contributed by atoms with van der Waals surface area (Å²) in [7, 11) is 1.65. The summed E-state index contributed by atoms with van der Waals surface area (Å²) in [6, 6.07) is 7.79. The molecular formula is C13H15N3O. The van der Waals surface area contributed by atoms with E-state index in [0.29, 0.717) is 6.54 Å². The van der Waals surface area contributed by atoms with Crippen LogP contribution in [0.3, 0.4) is 0 Å². The highest BCUT2D eigenvalue weighted by atomic mass is 16.5. The lowest BCUT2D eigenvalue weighted by Gasteiger charge is -2.08. The first-order chi connectivity index (χ1) is 8.26. The Kier molecular flexibility index (Phi) is 3.35. The zero-order chi connectivity index (χ0) is 12.3. The third-order valence-corrected chi connectivity index (χ3v) is 2.75. The van der Waals surface area contributed by atoms with Gasteiger partial charge < -0.3 is 10.5 Å². The monoisotopic (exact) mass is 229 g/mol. The van der Waals surface area contributed by atoms with Crippen LogP contribution in [0, 0.1) is 6.92 Å². The van der Waals surface area contributed by atoms with Crippen LogP contribution in [0.2, 0.25) is 0 Å². The van der Waals surface area contributed by atoms with Crippen molar-refractivity contribution in [1.82, 2.24) is 9.97 Å². The second-order valence-corrected chi connectivity index (χ2v) is 3.73. The smallest absolute Gasteiger partial charge is 0.118 e. The minimum absolute atomic E-state index is 0.428. The summed E-state index contributed by atoms with van der Waals surface area (Å²) in [5.74, 6) is 0.833. The Morgan fingerprint density at radius 1 is 1.18 bits per heavy atom. The average Bonchev–Trinajstić information content (AvgIpc) is 2.39. The summed E-state index contributed by atoms with van der Waals surface area (Å²) >= 11 is 0. The predicted octanol–water partition coefficient (Wildman–Crippen LogP) is 1.92. The van der Waals surface area contributed by atoms with Gasteiger partial charge in [-0.2, -0.15) is 0 Å². The van der Waals surface area contributed by atoms with Gasteiger partial charge >= 0.3 is 0 Å². The van der Waals surface area contributed by atoms with E-state index in [-0.39, 0.29) is 0 Å². The number of benzene rings is 1. The fourth-order valence-corrected chi connectivity index (χ4v) is 1.73. The van der Waals surface area contributed by atoms with Gasteiger partial charge in [0.05, 0.1) is 18.5 Å². The van der Waals surface area contributed by atoms with Crippen LogP contribution < -0.4 is 10.5 Å². The van der Waals surface area contributed by atoms with E-state index in [1.165, 1.54) is 0 Å². The zero-order valence-corrected chi connectivity index (χ0v) is 9.97. The van der Waals surface area contributed by atoms with E-state index in [0.717, 1.165) is 28.3 Å². The molecule has 0 spiro atoms. The predicted molar refractivity (Wildman–Crippen MR) is 66.6 cm³/mol. The van der Waals surface area contributed by atoms with Gasteiger partial charge in [0.25, 0.3) is 0 Å². The van der Waals surface area contributed by atoms with Crippen LogP contribution in [0.4, 0.5) is 0 Å². The Bertz CT molecular complexity index is 509. The van der Waals surface area contributed by atoms with Crippen LogP contribution in [-0.4, -0.2) is 17.1 Å². The summed E-state index contributed by atoms with van der Waals surface area (Å²) in [6.45, 7) is 2.42. The first kappa shape index (κ1) is 11.5. The van der Waals surface area contributed by atoms with Crippen molar-refractivity contribution in [3.8, 4) is 17.0 Å². The SMILES string of the molecule is COc1ccc(-c2ncnc(CN)c2C)cc1. The standard InChI is InChI=1S/C13H15N3O/c1-9-12(7-14)15-8-16-13(9)10-3-5-11(17-2)6-4-10/h3-6,8H,7,14H2,1-2H3. The Labute approximate surface area is 100 Å². The van der Waals surface area contributed by atoms with E-state index in [1.807, 2.05) is 31.2 Å². The van der Waals surface area contributed by atoms with Crippen LogP contribution in [0.5, 0.6) is 5.75 Å². The van der Waals surface area contributed by atoms with Gasteiger partial charge in [-0.1, -0.05) is 0 Å². The minimum Gasteiger partial charge on any atom is -0.497 e. The third-order valence-electron chi connectivity index (χ3n) is 2.75. The number of hydrogen-bond donors (Lipinski definition) is 1. The number of hydrogen-bond acceptors (Lipinski definition) is 4. The van der Waals surface area contributed by atoms with E-state index >= 15 is 0 Å². The Hall–Kier alpha value is -1.94. The lowest BCUT2D eigenvalue weighted by molar-refractivity contribution is 0.415. The molecule has 1 aromatic heterocycles. The summed E-state index contributed by atoms with van der Waals surface area (Å²) in [6.07, 6.45) is 1.55. The molecule has 0 aliphatic heterocycles. The summed E-state index contributed by atoms with van der Waals surface area (Å²) < 4.78 is 5.13. The highest BCUT2D eigenvalue weighted by molar-refractivity contribution is 5.64. The topological polar surface area (TPSA) is 61.0 Å². The summed E-state index contributed by atoms with van der Waals surface area (Å²) in [4.78, 5) is 8.46. The van der Waals surface area contributed by atoms with Crippen molar-refractivity contribution >= 4 is 0 Å². The molecule has 0 fully saturated rings. The molecule has 88 valence electrons. The van der Waals surface area contributed by atoms with Crippen LogP contribution >= 0.6 is 0 Å². The maximum absolute atomic E-state index is 5.63. The first-order valence-electron chi connectivity index (χ1n) is 5.41. The van der Waals surface area contributed by atoms with E-state index in [9.17, 15) is 0 Å². The first-order valence-corrected chi connectivity index (χ1v) is 5.41. The lowest BCUT2D eigenvalue weighted by Crippen LogP contribution is -2.04. The van der Waals surface area contributed by atoms with Crippen molar-refractivity contribution in [3.05, 3.63) is 41.9 Å². The van der Waals surface area contributed by atoms with E-state index in [1.54, 1.807) is 13.4 Å². The molecule has 0 unspecified atom stereocenters. The van der Waals surface area contributed by atoms with E-state index in [4.69, 9.17) is 10.5 Å². The molecule has 2 N–H and O–H groups in total. The van der Waals surface area contributed by atoms with Crippen LogP contribution in [0.25, 0.3) is 11.3 Å². The van der Waals surface area contributed by atoms with Gasteiger partial charge in [0, 0.05) is 12.1 Å². The lowest BCUT2D eigenvalue weighted by atomic mass is 10.1. The van der Waals surface area contributed by atoms with Crippen LogP contribution in [-0.2, 0) is 6.54 Å². The Morgan fingerprint density at radius 2 is 1.88 bits per heavy atom. The molecule has 0 aliphatic rings. The highest BCUT2D eigenvalue weighted by Crippen LogP contribution is 2.24. The molecule has 4 nitrogen and oxygen atoms in total. The molecule has 1 aromatic carbocycles. The molecular weight excluding hydrogens is 214 g/mol. The molecule has 0 atom stereocenters. The maximum Gasteiger partial charge on any atom is 0.118 e. The number of ether oxygens (including phenoxy) is 1. The van der Waals surface area contributed by atoms with E-state index < -0.39 is 0 Å². The molecule has 17 heavy (non-hydrogen) atoms. The molecule has 0 saturated carbocycles. The molecule has 0 saturated heterocycles. The molecule has 2 aromatic rings. The molecule has 0 amide bonds. The molecule has 0 bridgehead atoms. The van der Waals surface area contributed by atoms with Gasteiger partial charge in [-0.25, -0.2) is 9.97 Å². The molecule has 4 heteroatoms. The fourth-order valence-electron chi connectivity index (χ4n) is 1.73. The van der Waals surface area contributed by atoms with Gasteiger partial charge in [-0.3, -0.25) is 0 Å². The van der Waals surface area contributed by atoms with Crippen molar-refractivity contribution in [3.63, 3.8) is 0 Å². The maximum atomic E-state index is 5.63. The van der Waals surface area contributed by atoms with Crippen molar-refractivity contribution in [2.24, 2.45) is 5.73 Å². The van der Waals surface area contributed by atoms with Crippen molar-refractivity contribution in [2.75, 3.05) is 7.11 Å². The van der Waals surface area contributed by atoms with Gasteiger partial charge in [0.1, 0.15) is 12.1 Å². The van der Waals surface area contributed by atoms with Gasteiger partial charge in [0.2, 0.25) is 0 Å². The molecule has 0 aliphatic carbocycles. The summed E-state index contributed by atoms with van der Waals surface area (Å²) in [5.41, 5.74) is 9.50. The molecule has 2 rings (SSSR count). The van der Waals surface area contributed by atoms with Gasteiger partial charge in [-0.15, -0.1) is 0 Å². The minimum atomic E-state index is 0.428. The Balaban J connectivity index is 2.45. The molecule has 1 heterocycles. The average molecular weight is 229 g/mol. The second-order valence-electron chi connectivity index (χ2n) is 3.73. The van der Waals surface area contributed by atoms with Crippen molar-refractivity contribution < 1.29 is 4.74 Å². The summed E-state index contributed by atoms with van der Waals surface area (Å²) in [5, 5.41) is 0. The Morgan fingerprint density at radius 3 is 2.47 bits per heavy atom. The quantitative estimate of drug-likeness (QED) is 0.873. The largest absolute Gasteiger partial charge is 0.497 e. The highest BCUT2D eigenvalue weighted by Gasteiger charge is 2.07. The van der Waals surface area contributed by atoms with Crippen molar-refractivity contribution in [2.45, 2.75) is 13.5 Å². The van der Waals surface area contributed by atoms with Crippen molar-refractivity contribution in [1.29, 1.82) is 0 Å². The number of methoxy groups -OCH3 is 1. The van der Waals surface area contributed by atoms with Crippen LogP contribution in [0.1, 0.15) is 11.3 Å². The zero-order valence-electron chi connectivity index (χ0n) is 9.97. The number of nitrogens with two attached hydrogens (primary N) is 1. The van der Waals surface area contributed by atoms with Gasteiger partial charge in [-0.05, 0) is 36.8 Å². The van der Waals surface area contributed by atoms with E-state index in [2.05, 4.69) is 9.97 Å². The normalized spacial score (nSPS) is 10.3. The van der Waals surface area contributed by atoms with Gasteiger partial charge in [0.15, 0.2) is 0 Å². The third kappa shape index (κ3) is 2.26. The number of nitrogens with zero attached hydrogens (tertiary/aromatic N) is 2. The van der Waals surface area contributed by atoms with Crippen LogP contribution in [0.15, 0.2) is 30.6 Å².